The van der Waals surface area contributed by atoms with Crippen LogP contribution in [0.2, 0.25) is 5.02 Å². The Balaban J connectivity index is 1.31. The summed E-state index contributed by atoms with van der Waals surface area (Å²) in [5.41, 5.74) is -3.57. The minimum atomic E-state index is -4.59. The van der Waals surface area contributed by atoms with Crippen molar-refractivity contribution >= 4 is 17.4 Å². The van der Waals surface area contributed by atoms with Crippen LogP contribution in [0.1, 0.15) is 88.3 Å². The molecule has 0 saturated heterocycles. The largest absolute Gasteiger partial charge is 0.453 e. The first-order valence-corrected chi connectivity index (χ1v) is 18.7. The maximum atomic E-state index is 14.9. The smallest absolute Gasteiger partial charge is 0.416 e. The molecule has 0 radical (unpaired) electrons. The highest BCUT2D eigenvalue weighted by Crippen LogP contribution is 2.78. The number of nitrogens with zero attached hydrogens (tertiary/aromatic N) is 1. The second-order valence-corrected chi connectivity index (χ2v) is 17.0. The monoisotopic (exact) mass is 731 g/mol. The summed E-state index contributed by atoms with van der Waals surface area (Å²) < 4.78 is 46.9. The summed E-state index contributed by atoms with van der Waals surface area (Å²) in [5.74, 6) is -0.371. The van der Waals surface area contributed by atoms with Crippen molar-refractivity contribution in [2.75, 3.05) is 26.2 Å². The Hall–Kier alpha value is -2.47. The molecule has 0 amide bonds. The van der Waals surface area contributed by atoms with Crippen molar-refractivity contribution in [1.29, 1.82) is 0 Å². The van der Waals surface area contributed by atoms with Gasteiger partial charge in [-0.2, -0.15) is 13.2 Å². The number of Topliss-reactive ketones (excluding diaryl/α,β-unsaturated/α-hetero) is 1. The van der Waals surface area contributed by atoms with Crippen LogP contribution in [0.15, 0.2) is 58.6 Å². The number of furan rings is 1. The maximum Gasteiger partial charge on any atom is 0.416 e. The molecule has 1 aromatic carbocycles. The summed E-state index contributed by atoms with van der Waals surface area (Å²) in [6.07, 6.45) is 5.87. The zero-order valence-electron chi connectivity index (χ0n) is 29.5. The zero-order valence-corrected chi connectivity index (χ0v) is 30.2. The van der Waals surface area contributed by atoms with Crippen LogP contribution < -0.4 is 0 Å². The van der Waals surface area contributed by atoms with E-state index in [9.17, 15) is 38.4 Å². The fraction of sp³-hybridized carbons (Fsp3) is 0.625. The predicted octanol–water partition coefficient (Wildman–Crippen LogP) is 7.46. The summed E-state index contributed by atoms with van der Waals surface area (Å²) in [6, 6.07) is 5.99. The van der Waals surface area contributed by atoms with Crippen LogP contribution >= 0.6 is 11.6 Å². The van der Waals surface area contributed by atoms with Crippen molar-refractivity contribution in [3.63, 3.8) is 0 Å². The first kappa shape index (κ1) is 36.9. The Morgan fingerprint density at radius 2 is 1.76 bits per heavy atom. The van der Waals surface area contributed by atoms with Crippen LogP contribution in [-0.4, -0.2) is 75.2 Å². The van der Waals surface area contributed by atoms with Crippen LogP contribution in [0.25, 0.3) is 11.3 Å². The molecule has 9 atom stereocenters. The van der Waals surface area contributed by atoms with Gasteiger partial charge in [0.25, 0.3) is 0 Å². The van der Waals surface area contributed by atoms with E-state index >= 15 is 0 Å². The Labute approximate surface area is 302 Å². The number of allylic oxidation sites excluding steroid dienone is 4. The molecular weight excluding hydrogens is 683 g/mol. The lowest BCUT2D eigenvalue weighted by Crippen LogP contribution is -2.67. The molecule has 1 unspecified atom stereocenters. The molecule has 8 rings (SSSR count). The Morgan fingerprint density at radius 1 is 1.06 bits per heavy atom. The van der Waals surface area contributed by atoms with Gasteiger partial charge in [0.1, 0.15) is 5.76 Å². The van der Waals surface area contributed by atoms with Crippen molar-refractivity contribution in [1.82, 2.24) is 4.90 Å². The maximum absolute atomic E-state index is 14.9. The molecule has 278 valence electrons. The van der Waals surface area contributed by atoms with Gasteiger partial charge in [-0.05, 0) is 105 Å². The molecule has 1 heterocycles. The van der Waals surface area contributed by atoms with Crippen LogP contribution in [0.4, 0.5) is 13.2 Å². The molecule has 2 bridgehead atoms. The van der Waals surface area contributed by atoms with Gasteiger partial charge in [-0.25, -0.2) is 0 Å². The number of halogens is 4. The van der Waals surface area contributed by atoms with Crippen molar-refractivity contribution < 1.29 is 42.8 Å². The summed E-state index contributed by atoms with van der Waals surface area (Å²) in [7, 11) is 0. The predicted molar refractivity (Wildman–Crippen MR) is 187 cm³/mol. The Kier molecular flexibility index (Phi) is 9.08. The first-order chi connectivity index (χ1) is 24.0. The lowest BCUT2D eigenvalue weighted by Gasteiger charge is -2.71. The normalized spacial score (nSPS) is 37.6. The molecule has 1 aromatic heterocycles. The van der Waals surface area contributed by atoms with E-state index in [1.54, 1.807) is 0 Å². The number of aliphatic hydroxyl groups is 4. The Morgan fingerprint density at radius 3 is 2.47 bits per heavy atom. The number of alkyl halides is 3. The molecule has 2 spiro atoms. The van der Waals surface area contributed by atoms with Crippen LogP contribution in [-0.2, 0) is 6.18 Å². The minimum Gasteiger partial charge on any atom is -0.453 e. The molecule has 4 N–H and O–H groups in total. The van der Waals surface area contributed by atoms with E-state index in [-0.39, 0.29) is 58.3 Å². The van der Waals surface area contributed by atoms with Crippen molar-refractivity contribution in [3.05, 3.63) is 70.5 Å². The van der Waals surface area contributed by atoms with Gasteiger partial charge < -0.3 is 24.8 Å². The second-order valence-electron chi connectivity index (χ2n) is 16.6. The van der Waals surface area contributed by atoms with Gasteiger partial charge in [0, 0.05) is 40.5 Å². The number of benzene rings is 1. The number of ketones is 1. The lowest BCUT2D eigenvalue weighted by molar-refractivity contribution is -0.177. The highest BCUT2D eigenvalue weighted by Gasteiger charge is 2.74. The molecule has 0 aliphatic heterocycles. The number of aliphatic hydroxyl groups excluding tert-OH is 3. The number of fused-ring (bicyclic) bond motifs is 1. The first-order valence-electron chi connectivity index (χ1n) is 18.3. The van der Waals surface area contributed by atoms with Crippen molar-refractivity contribution in [2.24, 2.45) is 33.5 Å². The highest BCUT2D eigenvalue weighted by atomic mass is 35.5. The minimum absolute atomic E-state index is 0.000844. The van der Waals surface area contributed by atoms with Gasteiger partial charge in [-0.3, -0.25) is 9.69 Å². The van der Waals surface area contributed by atoms with Gasteiger partial charge in [-0.1, -0.05) is 50.6 Å². The molecule has 6 aliphatic carbocycles. The van der Waals surface area contributed by atoms with Gasteiger partial charge >= 0.3 is 6.18 Å². The van der Waals surface area contributed by atoms with Crippen molar-refractivity contribution in [3.8, 4) is 11.3 Å². The highest BCUT2D eigenvalue weighted by molar-refractivity contribution is 6.33. The fourth-order valence-electron chi connectivity index (χ4n) is 11.5. The molecule has 11 heteroatoms. The number of hydrogen-bond donors (Lipinski definition) is 4. The summed E-state index contributed by atoms with van der Waals surface area (Å²) in [4.78, 5) is 17.0. The standard InChI is InChI=1S/C40H49ClF3NO6/c1-4-17-45(21-26(48)22-46)23-38(50)14-11-33-36(38,3)13-10-32-35(2)12-9-25(47)19-37(35)15-16-39(32,33)28(20-37)34(49)31-8-7-30(51-31)27-18-24(40(42,43)44)5-6-29(27)41/h5-8,15-16,18,20,25-26,32-33,46-48,50H,4,9-14,17,19,21-23H2,1-3H3/t25?,26-,32+,33+,35+,36-,37-,38+,39+/m0/s1. The second kappa shape index (κ2) is 12.6. The van der Waals surface area contributed by atoms with Gasteiger partial charge in [0.2, 0.25) is 5.78 Å². The third kappa shape index (κ3) is 5.44. The average molecular weight is 732 g/mol. The lowest BCUT2D eigenvalue weighted by atomic mass is 9.32. The topological polar surface area (TPSA) is 114 Å². The molecule has 6 aliphatic rings. The molecule has 2 aromatic rings. The molecule has 51 heavy (non-hydrogen) atoms. The summed E-state index contributed by atoms with van der Waals surface area (Å²) in [5, 5.41) is 43.7. The number of rotatable bonds is 10. The number of carbonyl (C=O) groups excluding carboxylic acids is 1. The van der Waals surface area contributed by atoms with E-state index in [0.29, 0.717) is 44.3 Å². The molecule has 3 saturated carbocycles. The van der Waals surface area contributed by atoms with E-state index in [1.165, 1.54) is 18.2 Å². The van der Waals surface area contributed by atoms with Crippen molar-refractivity contribution in [2.45, 2.75) is 96.1 Å². The summed E-state index contributed by atoms with van der Waals surface area (Å²) >= 11 is 6.35. The van der Waals surface area contributed by atoms with Gasteiger partial charge in [0.05, 0.1) is 35.0 Å². The molecular formula is C40H49ClF3NO6. The third-order valence-electron chi connectivity index (χ3n) is 14.1. The van der Waals surface area contributed by atoms with Gasteiger partial charge in [0.15, 0.2) is 5.76 Å². The van der Waals surface area contributed by atoms with Crippen LogP contribution in [0.5, 0.6) is 0 Å². The number of hydrogen-bond acceptors (Lipinski definition) is 7. The zero-order chi connectivity index (χ0) is 36.8. The van der Waals surface area contributed by atoms with Gasteiger partial charge in [-0.15, -0.1) is 0 Å². The Bertz CT molecular complexity index is 1760. The van der Waals surface area contributed by atoms with Crippen LogP contribution in [0.3, 0.4) is 0 Å². The summed E-state index contributed by atoms with van der Waals surface area (Å²) in [6.45, 7) is 7.33. The van der Waals surface area contributed by atoms with E-state index in [0.717, 1.165) is 37.8 Å². The average Bonchev–Trinajstić information content (AvgIpc) is 3.66. The molecule has 7 nitrogen and oxygen atoms in total. The SMILES string of the molecule is CCCN(C[C@H](O)CO)C[C@]1(O)CC[C@H]2[C@]34C=C[C@@]5(C=C3C(=O)c3ccc(-c6cc(C(F)(F)F)ccc6Cl)o3)CC(O)CC[C@]5(C)[C@H]4CC[C@@]21C. The quantitative estimate of drug-likeness (QED) is 0.148. The van der Waals surface area contributed by atoms with E-state index in [2.05, 4.69) is 32.1 Å². The number of carbonyl (C=O) groups is 1. The van der Waals surface area contributed by atoms with Crippen LogP contribution in [0, 0.1) is 33.5 Å². The fourth-order valence-corrected chi connectivity index (χ4v) is 11.7. The van der Waals surface area contributed by atoms with E-state index in [4.69, 9.17) is 16.0 Å². The third-order valence-corrected chi connectivity index (χ3v) is 14.4. The molecule has 3 fully saturated rings. The van der Waals surface area contributed by atoms with E-state index in [1.807, 2.05) is 11.8 Å². The van der Waals surface area contributed by atoms with E-state index < -0.39 is 45.8 Å².